The van der Waals surface area contributed by atoms with E-state index in [2.05, 4.69) is 59.2 Å². The molecule has 2 saturated heterocycles. The number of aliphatic hydroxyl groups excluding tert-OH is 1. The molecule has 296 valence electrons. The van der Waals surface area contributed by atoms with E-state index < -0.39 is 13.7 Å². The van der Waals surface area contributed by atoms with Gasteiger partial charge in [-0.3, -0.25) is 14.3 Å². The highest BCUT2D eigenvalue weighted by Gasteiger charge is 2.66. The number of ether oxygens (including phenoxy) is 2. The lowest BCUT2D eigenvalue weighted by Gasteiger charge is -2.37. The van der Waals surface area contributed by atoms with Gasteiger partial charge in [0, 0.05) is 29.9 Å². The van der Waals surface area contributed by atoms with Gasteiger partial charge in [0.2, 0.25) is 5.91 Å². The Morgan fingerprint density at radius 1 is 1.04 bits per heavy atom. The van der Waals surface area contributed by atoms with Gasteiger partial charge in [-0.2, -0.15) is 0 Å². The molecule has 3 aliphatic rings. The van der Waals surface area contributed by atoms with Gasteiger partial charge in [-0.15, -0.1) is 5.10 Å². The van der Waals surface area contributed by atoms with E-state index in [1.54, 1.807) is 7.11 Å². The zero-order chi connectivity index (χ0) is 39.7. The summed E-state index contributed by atoms with van der Waals surface area (Å²) in [6.07, 6.45) is 4.13. The number of carbonyl (C=O) groups is 2. The SMILES string of the molecule is COc1ccc([Si](C)(C)[C@H]2[C@H](CCn3cc(C(CO)c4ccccc4)nn3)O[C@@]3(C(=O)N(Cc4ccc(NC(=O)[C@H]5CCCN5)cc4)c4ccccc43)[C@@H]2C)cc1. The van der Waals surface area contributed by atoms with Crippen LogP contribution in [0.5, 0.6) is 5.75 Å². The van der Waals surface area contributed by atoms with E-state index in [1.807, 2.05) is 101 Å². The molecule has 2 amide bonds. The fourth-order valence-electron chi connectivity index (χ4n) is 9.61. The lowest BCUT2D eigenvalue weighted by molar-refractivity contribution is -0.146. The average Bonchev–Trinajstić information content (AvgIpc) is 4.04. The molecule has 1 unspecified atom stereocenters. The third-order valence-electron chi connectivity index (χ3n) is 12.6. The molecule has 57 heavy (non-hydrogen) atoms. The van der Waals surface area contributed by atoms with Crippen molar-refractivity contribution in [2.75, 3.05) is 30.5 Å². The second-order valence-corrected chi connectivity index (χ2v) is 20.9. The van der Waals surface area contributed by atoms with E-state index >= 15 is 4.79 Å². The van der Waals surface area contributed by atoms with E-state index in [-0.39, 0.29) is 47.9 Å². The van der Waals surface area contributed by atoms with Gasteiger partial charge in [0.05, 0.1) is 57.8 Å². The van der Waals surface area contributed by atoms with Crippen LogP contribution in [0.15, 0.2) is 109 Å². The molecule has 1 spiro atoms. The number of rotatable bonds is 13. The maximum Gasteiger partial charge on any atom is 0.264 e. The van der Waals surface area contributed by atoms with Gasteiger partial charge in [0.1, 0.15) is 5.75 Å². The van der Waals surface area contributed by atoms with Crippen molar-refractivity contribution < 1.29 is 24.2 Å². The highest BCUT2D eigenvalue weighted by Crippen LogP contribution is 2.60. The number of anilines is 2. The average molecular weight is 785 g/mol. The highest BCUT2D eigenvalue weighted by molar-refractivity contribution is 6.91. The quantitative estimate of drug-likeness (QED) is 0.125. The molecule has 8 rings (SSSR count). The van der Waals surface area contributed by atoms with Crippen LogP contribution in [-0.4, -0.2) is 72.4 Å². The Morgan fingerprint density at radius 2 is 1.77 bits per heavy atom. The Bertz CT molecular complexity index is 2190. The number of nitrogens with zero attached hydrogens (tertiary/aromatic N) is 4. The number of methoxy groups -OCH3 is 1. The molecule has 5 aromatic rings. The summed E-state index contributed by atoms with van der Waals surface area (Å²) in [6.45, 7) is 8.67. The van der Waals surface area contributed by atoms with Crippen molar-refractivity contribution in [3.05, 3.63) is 132 Å². The second-order valence-electron chi connectivity index (χ2n) is 16.2. The van der Waals surface area contributed by atoms with E-state index in [4.69, 9.17) is 9.47 Å². The number of aromatic nitrogens is 3. The Balaban J connectivity index is 1.09. The summed E-state index contributed by atoms with van der Waals surface area (Å²) in [5, 5.41) is 26.8. The molecule has 4 aromatic carbocycles. The van der Waals surface area contributed by atoms with E-state index in [0.29, 0.717) is 25.2 Å². The molecule has 3 N–H and O–H groups in total. The summed E-state index contributed by atoms with van der Waals surface area (Å²) in [4.78, 5) is 29.8. The van der Waals surface area contributed by atoms with Gasteiger partial charge in [-0.05, 0) is 72.8 Å². The Labute approximate surface area is 335 Å². The van der Waals surface area contributed by atoms with E-state index in [9.17, 15) is 9.90 Å². The number of carbonyl (C=O) groups excluding carboxylic acids is 2. The number of benzene rings is 4. The number of aryl methyl sites for hydroxylation is 1. The summed E-state index contributed by atoms with van der Waals surface area (Å²) in [7, 11) is -0.669. The predicted molar refractivity (Wildman–Crippen MR) is 223 cm³/mol. The fraction of sp³-hybridized carbons (Fsp3) is 0.378. The lowest BCUT2D eigenvalue weighted by atomic mass is 9.82. The third-order valence-corrected chi connectivity index (χ3v) is 17.0. The first-order valence-electron chi connectivity index (χ1n) is 20.1. The minimum absolute atomic E-state index is 0.0192. The van der Waals surface area contributed by atoms with Crippen LogP contribution >= 0.6 is 0 Å². The van der Waals surface area contributed by atoms with Gasteiger partial charge < -0.3 is 30.1 Å². The maximum atomic E-state index is 15.2. The zero-order valence-corrected chi connectivity index (χ0v) is 34.1. The van der Waals surface area contributed by atoms with Gasteiger partial charge in [0.15, 0.2) is 5.60 Å². The maximum absolute atomic E-state index is 15.2. The van der Waals surface area contributed by atoms with Gasteiger partial charge >= 0.3 is 0 Å². The molecule has 6 atom stereocenters. The summed E-state index contributed by atoms with van der Waals surface area (Å²) in [6, 6.07) is 33.9. The van der Waals surface area contributed by atoms with Crippen molar-refractivity contribution in [2.45, 2.75) is 81.6 Å². The molecule has 0 bridgehead atoms. The van der Waals surface area contributed by atoms with Crippen molar-refractivity contribution in [1.82, 2.24) is 20.3 Å². The lowest BCUT2D eigenvalue weighted by Crippen LogP contribution is -2.51. The van der Waals surface area contributed by atoms with Crippen molar-refractivity contribution in [3.63, 3.8) is 0 Å². The number of amides is 2. The highest BCUT2D eigenvalue weighted by atomic mass is 28.3. The first-order chi connectivity index (χ1) is 27.6. The summed E-state index contributed by atoms with van der Waals surface area (Å²) >= 11 is 0. The monoisotopic (exact) mass is 784 g/mol. The molecule has 4 heterocycles. The second kappa shape index (κ2) is 16.0. The van der Waals surface area contributed by atoms with Crippen LogP contribution in [0.1, 0.15) is 54.5 Å². The molecule has 0 aliphatic carbocycles. The van der Waals surface area contributed by atoms with Crippen LogP contribution in [0.3, 0.4) is 0 Å². The molecular formula is C45H52N6O5Si. The van der Waals surface area contributed by atoms with Crippen LogP contribution < -0.4 is 25.5 Å². The first kappa shape index (κ1) is 38.7. The van der Waals surface area contributed by atoms with Crippen molar-refractivity contribution in [2.24, 2.45) is 5.92 Å². The van der Waals surface area contributed by atoms with Crippen LogP contribution in [0.2, 0.25) is 18.6 Å². The molecule has 3 aliphatic heterocycles. The molecule has 1 aromatic heterocycles. The van der Waals surface area contributed by atoms with E-state index in [0.717, 1.165) is 53.2 Å². The van der Waals surface area contributed by atoms with Crippen molar-refractivity contribution >= 4 is 36.4 Å². The van der Waals surface area contributed by atoms with Gasteiger partial charge in [0.25, 0.3) is 5.91 Å². The van der Waals surface area contributed by atoms with Gasteiger partial charge in [-0.1, -0.05) is 103 Å². The van der Waals surface area contributed by atoms with Crippen molar-refractivity contribution in [3.8, 4) is 5.75 Å². The third kappa shape index (κ3) is 7.20. The number of hydrogen-bond acceptors (Lipinski definition) is 8. The molecule has 11 nitrogen and oxygen atoms in total. The normalized spacial score (nSPS) is 23.5. The Hall–Kier alpha value is -5.14. The number of nitrogens with one attached hydrogen (secondary N) is 2. The van der Waals surface area contributed by atoms with Crippen LogP contribution in [0.4, 0.5) is 11.4 Å². The van der Waals surface area contributed by atoms with Crippen LogP contribution in [0, 0.1) is 5.92 Å². The number of para-hydroxylation sites is 1. The summed E-state index contributed by atoms with van der Waals surface area (Å²) in [5.41, 5.74) is 4.04. The Kier molecular flexibility index (Phi) is 10.9. The molecule has 2 fully saturated rings. The topological polar surface area (TPSA) is 131 Å². The zero-order valence-electron chi connectivity index (χ0n) is 33.1. The summed E-state index contributed by atoms with van der Waals surface area (Å²) < 4.78 is 14.7. The first-order valence-corrected chi connectivity index (χ1v) is 23.1. The van der Waals surface area contributed by atoms with Crippen molar-refractivity contribution in [1.29, 1.82) is 0 Å². The Morgan fingerprint density at radius 3 is 2.47 bits per heavy atom. The molecular weight excluding hydrogens is 733 g/mol. The van der Waals surface area contributed by atoms with Crippen LogP contribution in [0.25, 0.3) is 0 Å². The standard InChI is InChI=1S/C45H52N6O5Si/c1-30-42(57(3,4)35-22-20-34(55-2)21-23-35)41(24-26-50-28-39(48-49-50)36(29-52)32-11-6-5-7-12-32)56-45(30)37-13-8-9-15-40(37)51(44(45)54)27-31-16-18-33(19-17-31)47-43(53)38-14-10-25-46-38/h5-9,11-13,15-23,28,30,36,38,41-42,46,52H,10,14,24-27,29H2,1-4H3,(H,47,53)/t30-,36?,38-,41+,42-,45+/m1/s1. The van der Waals surface area contributed by atoms with Gasteiger partial charge in [-0.25, -0.2) is 0 Å². The number of aliphatic hydroxyl groups is 1. The molecule has 12 heteroatoms. The summed E-state index contributed by atoms with van der Waals surface area (Å²) in [5.74, 6) is 0.319. The van der Waals surface area contributed by atoms with Crippen LogP contribution in [-0.2, 0) is 33.0 Å². The molecule has 0 radical (unpaired) electrons. The largest absolute Gasteiger partial charge is 0.497 e. The fourth-order valence-corrected chi connectivity index (χ4v) is 13.7. The van der Waals surface area contributed by atoms with E-state index in [1.165, 1.54) is 5.19 Å². The number of hydrogen-bond donors (Lipinski definition) is 3. The minimum atomic E-state index is -2.35. The number of fused-ring (bicyclic) bond motifs is 2. The smallest absolute Gasteiger partial charge is 0.264 e. The molecule has 0 saturated carbocycles. The minimum Gasteiger partial charge on any atom is -0.497 e. The predicted octanol–water partition coefficient (Wildman–Crippen LogP) is 5.95.